The summed E-state index contributed by atoms with van der Waals surface area (Å²) in [7, 11) is 0. The maximum absolute atomic E-state index is 11.9. The second-order valence-corrected chi connectivity index (χ2v) is 4.87. The molecule has 0 radical (unpaired) electrons. The molecule has 0 unspecified atom stereocenters. The van der Waals surface area contributed by atoms with Crippen molar-refractivity contribution >= 4 is 23.1 Å². The predicted octanol–water partition coefficient (Wildman–Crippen LogP) is 2.11. The first-order chi connectivity index (χ1) is 8.08. The Morgan fingerprint density at radius 3 is 2.82 bits per heavy atom. The van der Waals surface area contributed by atoms with Crippen LogP contribution in [0.2, 0.25) is 0 Å². The predicted molar refractivity (Wildman–Crippen MR) is 65.4 cm³/mol. The number of rotatable bonds is 2. The monoisotopic (exact) mass is 249 g/mol. The van der Waals surface area contributed by atoms with Crippen LogP contribution in [0.25, 0.3) is 0 Å². The SMILES string of the molecule is Cc1nc(C(=O)Nc2ncccc2O)c(C)s1. The van der Waals surface area contributed by atoms with Gasteiger partial charge in [-0.1, -0.05) is 0 Å². The van der Waals surface area contributed by atoms with Crippen molar-refractivity contribution in [1.29, 1.82) is 0 Å². The number of aromatic nitrogens is 2. The Balaban J connectivity index is 2.23. The number of pyridine rings is 1. The zero-order valence-electron chi connectivity index (χ0n) is 9.39. The standard InChI is InChI=1S/C11H11N3O2S/c1-6-9(13-7(2)17-6)11(16)14-10-8(15)4-3-5-12-10/h3-5,15H,1-2H3,(H,12,14,16). The summed E-state index contributed by atoms with van der Waals surface area (Å²) in [6.45, 7) is 3.67. The Bertz CT molecular complexity index is 566. The summed E-state index contributed by atoms with van der Waals surface area (Å²) in [5, 5.41) is 12.8. The lowest BCUT2D eigenvalue weighted by Crippen LogP contribution is -2.14. The highest BCUT2D eigenvalue weighted by molar-refractivity contribution is 7.11. The summed E-state index contributed by atoms with van der Waals surface area (Å²) in [5.41, 5.74) is 0.373. The topological polar surface area (TPSA) is 75.1 Å². The number of carbonyl (C=O) groups excluding carboxylic acids is 1. The molecular weight excluding hydrogens is 238 g/mol. The van der Waals surface area contributed by atoms with Gasteiger partial charge in [0.2, 0.25) is 0 Å². The highest BCUT2D eigenvalue weighted by Crippen LogP contribution is 2.21. The van der Waals surface area contributed by atoms with Gasteiger partial charge in [0, 0.05) is 11.1 Å². The number of hydrogen-bond donors (Lipinski definition) is 2. The molecule has 1 amide bonds. The summed E-state index contributed by atoms with van der Waals surface area (Å²) in [6.07, 6.45) is 1.49. The number of nitrogens with zero attached hydrogens (tertiary/aromatic N) is 2. The van der Waals surface area contributed by atoms with Crippen molar-refractivity contribution in [2.75, 3.05) is 5.32 Å². The van der Waals surface area contributed by atoms with Gasteiger partial charge in [-0.15, -0.1) is 11.3 Å². The number of hydrogen-bond acceptors (Lipinski definition) is 5. The van der Waals surface area contributed by atoms with Gasteiger partial charge in [0.15, 0.2) is 11.6 Å². The van der Waals surface area contributed by atoms with Gasteiger partial charge in [-0.2, -0.15) is 0 Å². The molecule has 5 nitrogen and oxygen atoms in total. The van der Waals surface area contributed by atoms with Gasteiger partial charge < -0.3 is 10.4 Å². The van der Waals surface area contributed by atoms with Crippen LogP contribution >= 0.6 is 11.3 Å². The van der Waals surface area contributed by atoms with Gasteiger partial charge in [-0.05, 0) is 26.0 Å². The molecule has 0 fully saturated rings. The van der Waals surface area contributed by atoms with Gasteiger partial charge >= 0.3 is 0 Å². The average Bonchev–Trinajstić information content (AvgIpc) is 2.61. The second kappa shape index (κ2) is 4.50. The van der Waals surface area contributed by atoms with E-state index >= 15 is 0 Å². The van der Waals surface area contributed by atoms with Crippen molar-refractivity contribution in [2.24, 2.45) is 0 Å². The van der Waals surface area contributed by atoms with Crippen molar-refractivity contribution in [3.63, 3.8) is 0 Å². The Morgan fingerprint density at radius 1 is 1.47 bits per heavy atom. The minimum Gasteiger partial charge on any atom is -0.504 e. The fourth-order valence-corrected chi connectivity index (χ4v) is 2.21. The average molecular weight is 249 g/mol. The summed E-state index contributed by atoms with van der Waals surface area (Å²) < 4.78 is 0. The Hall–Kier alpha value is -1.95. The van der Waals surface area contributed by atoms with E-state index < -0.39 is 0 Å². The maximum Gasteiger partial charge on any atom is 0.276 e. The molecule has 0 aromatic carbocycles. The lowest BCUT2D eigenvalue weighted by atomic mass is 10.3. The molecule has 2 N–H and O–H groups in total. The highest BCUT2D eigenvalue weighted by Gasteiger charge is 2.15. The van der Waals surface area contributed by atoms with Crippen LogP contribution in [0.1, 0.15) is 20.4 Å². The number of amides is 1. The molecule has 88 valence electrons. The highest BCUT2D eigenvalue weighted by atomic mass is 32.1. The van der Waals surface area contributed by atoms with Crippen LogP contribution in [0, 0.1) is 13.8 Å². The molecule has 0 saturated carbocycles. The number of thiazole rings is 1. The third-order valence-corrected chi connectivity index (χ3v) is 3.02. The normalized spacial score (nSPS) is 10.2. The summed E-state index contributed by atoms with van der Waals surface area (Å²) in [4.78, 5) is 20.7. The second-order valence-electron chi connectivity index (χ2n) is 3.46. The Labute approximate surface area is 102 Å². The van der Waals surface area contributed by atoms with Crippen LogP contribution in [0.4, 0.5) is 5.82 Å². The van der Waals surface area contributed by atoms with Crippen LogP contribution in [-0.2, 0) is 0 Å². The van der Waals surface area contributed by atoms with E-state index in [0.717, 1.165) is 9.88 Å². The van der Waals surface area contributed by atoms with E-state index in [4.69, 9.17) is 0 Å². The fraction of sp³-hybridized carbons (Fsp3) is 0.182. The van der Waals surface area contributed by atoms with Crippen LogP contribution in [0.15, 0.2) is 18.3 Å². The maximum atomic E-state index is 11.9. The quantitative estimate of drug-likeness (QED) is 0.854. The van der Waals surface area contributed by atoms with E-state index in [1.54, 1.807) is 6.07 Å². The molecule has 6 heteroatoms. The van der Waals surface area contributed by atoms with Crippen LogP contribution < -0.4 is 5.32 Å². The van der Waals surface area contributed by atoms with Gasteiger partial charge in [0.05, 0.1) is 5.01 Å². The van der Waals surface area contributed by atoms with Crippen LogP contribution in [0.5, 0.6) is 5.75 Å². The van der Waals surface area contributed by atoms with E-state index in [1.165, 1.54) is 23.6 Å². The smallest absolute Gasteiger partial charge is 0.276 e. The van der Waals surface area contributed by atoms with E-state index in [2.05, 4.69) is 15.3 Å². The molecule has 2 aromatic rings. The molecule has 0 saturated heterocycles. The summed E-state index contributed by atoms with van der Waals surface area (Å²) >= 11 is 1.46. The fourth-order valence-electron chi connectivity index (χ4n) is 1.40. The zero-order valence-corrected chi connectivity index (χ0v) is 10.2. The number of anilines is 1. The van der Waals surface area contributed by atoms with Crippen LogP contribution in [0.3, 0.4) is 0 Å². The molecule has 0 aliphatic rings. The molecule has 2 aromatic heterocycles. The van der Waals surface area contributed by atoms with Crippen molar-refractivity contribution in [3.05, 3.63) is 33.9 Å². The third-order valence-electron chi connectivity index (χ3n) is 2.14. The largest absolute Gasteiger partial charge is 0.504 e. The van der Waals surface area contributed by atoms with E-state index in [1.807, 2.05) is 13.8 Å². The van der Waals surface area contributed by atoms with Crippen molar-refractivity contribution in [2.45, 2.75) is 13.8 Å². The molecule has 2 heterocycles. The molecule has 2 rings (SSSR count). The van der Waals surface area contributed by atoms with Crippen molar-refractivity contribution in [3.8, 4) is 5.75 Å². The lowest BCUT2D eigenvalue weighted by Gasteiger charge is -2.04. The molecule has 0 aliphatic heterocycles. The van der Waals surface area contributed by atoms with E-state index in [-0.39, 0.29) is 17.5 Å². The molecule has 0 bridgehead atoms. The Kier molecular flexibility index (Phi) is 3.06. The number of aryl methyl sites for hydroxylation is 2. The molecule has 0 atom stereocenters. The van der Waals surface area contributed by atoms with Crippen molar-refractivity contribution in [1.82, 2.24) is 9.97 Å². The number of nitrogens with one attached hydrogen (secondary N) is 1. The minimum atomic E-state index is -0.360. The first-order valence-electron chi connectivity index (χ1n) is 4.97. The first kappa shape index (κ1) is 11.5. The van der Waals surface area contributed by atoms with Crippen molar-refractivity contribution < 1.29 is 9.90 Å². The van der Waals surface area contributed by atoms with Crippen LogP contribution in [-0.4, -0.2) is 21.0 Å². The molecule has 17 heavy (non-hydrogen) atoms. The van der Waals surface area contributed by atoms with Gasteiger partial charge in [0.25, 0.3) is 5.91 Å². The third kappa shape index (κ3) is 2.42. The zero-order chi connectivity index (χ0) is 12.4. The summed E-state index contributed by atoms with van der Waals surface area (Å²) in [5.74, 6) is -0.283. The minimum absolute atomic E-state index is 0.0644. The van der Waals surface area contributed by atoms with Gasteiger partial charge in [-0.3, -0.25) is 4.79 Å². The van der Waals surface area contributed by atoms with E-state index in [0.29, 0.717) is 5.69 Å². The van der Waals surface area contributed by atoms with E-state index in [9.17, 15) is 9.90 Å². The molecular formula is C11H11N3O2S. The first-order valence-corrected chi connectivity index (χ1v) is 5.79. The number of carbonyl (C=O) groups is 1. The lowest BCUT2D eigenvalue weighted by molar-refractivity contribution is 0.102. The molecule has 0 aliphatic carbocycles. The Morgan fingerprint density at radius 2 is 2.24 bits per heavy atom. The van der Waals surface area contributed by atoms with Gasteiger partial charge in [-0.25, -0.2) is 9.97 Å². The summed E-state index contributed by atoms with van der Waals surface area (Å²) in [6, 6.07) is 3.05. The van der Waals surface area contributed by atoms with Gasteiger partial charge in [0.1, 0.15) is 5.69 Å². The molecule has 0 spiro atoms. The number of aromatic hydroxyl groups is 1.